The van der Waals surface area contributed by atoms with Gasteiger partial charge in [-0.1, -0.05) is 53.5 Å². The maximum absolute atomic E-state index is 12.4. The number of hydrogen-bond acceptors (Lipinski definition) is 4. The molecule has 1 aromatic heterocycles. The van der Waals surface area contributed by atoms with Gasteiger partial charge in [0.15, 0.2) is 0 Å². The van der Waals surface area contributed by atoms with Crippen LogP contribution in [-0.4, -0.2) is 33.3 Å². The Morgan fingerprint density at radius 2 is 1.59 bits per heavy atom. The molecule has 0 unspecified atom stereocenters. The Hall–Kier alpha value is -4.64. The van der Waals surface area contributed by atoms with Crippen LogP contribution >= 0.6 is 23.2 Å². The van der Waals surface area contributed by atoms with Gasteiger partial charge < -0.3 is 10.4 Å². The lowest BCUT2D eigenvalue weighted by atomic mass is 10.0. The van der Waals surface area contributed by atoms with Crippen molar-refractivity contribution >= 4 is 46.0 Å². The molecular formula is C32H24Cl2N4O3. The molecule has 0 aliphatic carbocycles. The highest BCUT2D eigenvalue weighted by atomic mass is 35.5. The molecule has 0 spiro atoms. The van der Waals surface area contributed by atoms with E-state index in [1.165, 1.54) is 0 Å². The summed E-state index contributed by atoms with van der Waals surface area (Å²) < 4.78 is 1.94. The molecule has 0 bridgehead atoms. The van der Waals surface area contributed by atoms with Gasteiger partial charge in [-0.05, 0) is 78.2 Å². The highest BCUT2D eigenvalue weighted by Crippen LogP contribution is 2.36. The zero-order valence-corrected chi connectivity index (χ0v) is 23.4. The van der Waals surface area contributed by atoms with E-state index in [1.807, 2.05) is 60.1 Å². The maximum atomic E-state index is 12.4. The fraction of sp³-hybridized carbons (Fsp3) is 0.125. The fourth-order valence-electron chi connectivity index (χ4n) is 4.69. The zero-order chi connectivity index (χ0) is 29.1. The molecule has 1 atom stereocenters. The molecule has 4 aromatic carbocycles. The van der Waals surface area contributed by atoms with Crippen LogP contribution in [0.25, 0.3) is 33.3 Å². The number of carbonyl (C=O) groups excluding carboxylic acids is 1. The summed E-state index contributed by atoms with van der Waals surface area (Å²) in [5.41, 5.74) is 6.31. The van der Waals surface area contributed by atoms with Crippen molar-refractivity contribution in [1.29, 1.82) is 5.26 Å². The number of aromatic nitrogens is 2. The summed E-state index contributed by atoms with van der Waals surface area (Å²) >= 11 is 12.7. The smallest absolute Gasteiger partial charge is 0.305 e. The fourth-order valence-corrected chi connectivity index (χ4v) is 5.22. The van der Waals surface area contributed by atoms with E-state index in [0.29, 0.717) is 21.2 Å². The molecule has 1 heterocycles. The van der Waals surface area contributed by atoms with Crippen LogP contribution in [0.4, 0.5) is 0 Å². The normalized spacial score (nSPS) is 11.7. The Balaban J connectivity index is 1.55. The van der Waals surface area contributed by atoms with E-state index >= 15 is 0 Å². The van der Waals surface area contributed by atoms with Crippen molar-refractivity contribution in [3.63, 3.8) is 0 Å². The molecule has 5 aromatic rings. The number of benzene rings is 4. The van der Waals surface area contributed by atoms with Gasteiger partial charge in [-0.2, -0.15) is 10.4 Å². The van der Waals surface area contributed by atoms with Gasteiger partial charge in [-0.3, -0.25) is 14.3 Å². The molecule has 0 aliphatic rings. The average Bonchev–Trinajstić information content (AvgIpc) is 3.35. The molecule has 0 saturated carbocycles. The number of amides is 1. The molecule has 7 nitrogen and oxygen atoms in total. The third-order valence-electron chi connectivity index (χ3n) is 6.84. The van der Waals surface area contributed by atoms with Crippen LogP contribution in [0.15, 0.2) is 84.9 Å². The van der Waals surface area contributed by atoms with E-state index in [-0.39, 0.29) is 24.9 Å². The quantitative estimate of drug-likeness (QED) is 0.198. The number of carboxylic acids is 1. The summed E-state index contributed by atoms with van der Waals surface area (Å²) in [4.78, 5) is 23.2. The number of fused-ring (bicyclic) bond motifs is 1. The third-order valence-corrected chi connectivity index (χ3v) is 7.27. The number of nitrogens with one attached hydrogen (secondary N) is 1. The Morgan fingerprint density at radius 3 is 2.22 bits per heavy atom. The Morgan fingerprint density at radius 1 is 0.927 bits per heavy atom. The second kappa shape index (κ2) is 11.8. The first-order valence-corrected chi connectivity index (χ1v) is 13.6. The van der Waals surface area contributed by atoms with Gasteiger partial charge in [0.05, 0.1) is 29.6 Å². The first kappa shape index (κ1) is 27.9. The summed E-state index contributed by atoms with van der Waals surface area (Å²) in [6.07, 6.45) is -0.141. The number of rotatable bonds is 8. The molecule has 41 heavy (non-hydrogen) atoms. The molecule has 204 valence electrons. The van der Waals surface area contributed by atoms with Crippen LogP contribution in [0.1, 0.15) is 40.9 Å². The summed E-state index contributed by atoms with van der Waals surface area (Å²) in [5, 5.41) is 27.5. The van der Waals surface area contributed by atoms with Gasteiger partial charge >= 0.3 is 5.97 Å². The predicted molar refractivity (Wildman–Crippen MR) is 160 cm³/mol. The standard InChI is InChI=1S/C32H24Cl2N4O3/c1-19(21-6-8-23(9-7-21)32(41)36-13-12-30(39)40)38-29-16-24(22-4-2-20(18-35)3-5-22)10-11-28(29)31(37-38)25-14-26(33)17-27(34)15-25/h2-11,14-17,19H,12-13H2,1H3,(H,36,41)(H,39,40)/t19-/m0/s1. The molecule has 0 fully saturated rings. The second-order valence-corrected chi connectivity index (χ2v) is 10.4. The Bertz CT molecular complexity index is 1790. The minimum atomic E-state index is -0.970. The van der Waals surface area contributed by atoms with Crippen LogP contribution in [0.3, 0.4) is 0 Å². The van der Waals surface area contributed by atoms with Crippen LogP contribution in [-0.2, 0) is 4.79 Å². The van der Waals surface area contributed by atoms with Crippen molar-refractivity contribution in [1.82, 2.24) is 15.1 Å². The molecule has 1 amide bonds. The third kappa shape index (κ3) is 6.09. The monoisotopic (exact) mass is 582 g/mol. The summed E-state index contributed by atoms with van der Waals surface area (Å²) in [5.74, 6) is -1.30. The van der Waals surface area contributed by atoms with Crippen molar-refractivity contribution in [2.75, 3.05) is 6.54 Å². The van der Waals surface area contributed by atoms with E-state index in [4.69, 9.17) is 33.4 Å². The highest BCUT2D eigenvalue weighted by molar-refractivity contribution is 6.35. The van der Waals surface area contributed by atoms with Crippen LogP contribution in [0, 0.1) is 11.3 Å². The number of nitriles is 1. The van der Waals surface area contributed by atoms with E-state index in [0.717, 1.165) is 38.9 Å². The van der Waals surface area contributed by atoms with Crippen molar-refractivity contribution in [2.45, 2.75) is 19.4 Å². The summed E-state index contributed by atoms with van der Waals surface area (Å²) in [6, 6.07) is 28.0. The number of hydrogen-bond donors (Lipinski definition) is 2. The van der Waals surface area contributed by atoms with E-state index in [9.17, 15) is 14.9 Å². The number of halogens is 2. The van der Waals surface area contributed by atoms with Gasteiger partial charge in [0.2, 0.25) is 0 Å². The molecule has 5 rings (SSSR count). The van der Waals surface area contributed by atoms with Gasteiger partial charge in [0.25, 0.3) is 5.91 Å². The molecule has 9 heteroatoms. The lowest BCUT2D eigenvalue weighted by Crippen LogP contribution is -2.26. The predicted octanol–water partition coefficient (Wildman–Crippen LogP) is 7.36. The Kier molecular flexibility index (Phi) is 8.06. The highest BCUT2D eigenvalue weighted by Gasteiger charge is 2.19. The van der Waals surface area contributed by atoms with Gasteiger partial charge in [-0.15, -0.1) is 0 Å². The lowest BCUT2D eigenvalue weighted by Gasteiger charge is -2.15. The van der Waals surface area contributed by atoms with Crippen LogP contribution in [0.5, 0.6) is 0 Å². The van der Waals surface area contributed by atoms with Crippen LogP contribution in [0.2, 0.25) is 10.0 Å². The van der Waals surface area contributed by atoms with Crippen LogP contribution < -0.4 is 5.32 Å². The topological polar surface area (TPSA) is 108 Å². The minimum Gasteiger partial charge on any atom is -0.481 e. The first-order chi connectivity index (χ1) is 19.7. The largest absolute Gasteiger partial charge is 0.481 e. The molecule has 0 radical (unpaired) electrons. The van der Waals surface area contributed by atoms with Gasteiger partial charge in [0.1, 0.15) is 5.69 Å². The van der Waals surface area contributed by atoms with Crippen molar-refractivity contribution in [3.05, 3.63) is 112 Å². The second-order valence-electron chi connectivity index (χ2n) is 9.57. The van der Waals surface area contributed by atoms with Crippen molar-refractivity contribution in [3.8, 4) is 28.5 Å². The zero-order valence-electron chi connectivity index (χ0n) is 21.9. The van der Waals surface area contributed by atoms with E-state index in [2.05, 4.69) is 17.5 Å². The SMILES string of the molecule is C[C@@H](c1ccc(C(=O)NCCC(=O)O)cc1)n1nc(-c2cc(Cl)cc(Cl)c2)c2ccc(-c3ccc(C#N)cc3)cc21. The molecule has 2 N–H and O–H groups in total. The average molecular weight is 583 g/mol. The minimum absolute atomic E-state index is 0.0590. The lowest BCUT2D eigenvalue weighted by molar-refractivity contribution is -0.136. The first-order valence-electron chi connectivity index (χ1n) is 12.8. The molecular weight excluding hydrogens is 559 g/mol. The van der Waals surface area contributed by atoms with E-state index < -0.39 is 5.97 Å². The summed E-state index contributed by atoms with van der Waals surface area (Å²) in [7, 11) is 0. The number of carboxylic acid groups (broad SMARTS) is 1. The number of aliphatic carboxylic acids is 1. The molecule has 0 aliphatic heterocycles. The summed E-state index contributed by atoms with van der Waals surface area (Å²) in [6.45, 7) is 2.08. The number of carbonyl (C=O) groups is 2. The maximum Gasteiger partial charge on any atom is 0.305 e. The van der Waals surface area contributed by atoms with Gasteiger partial charge in [0, 0.05) is 33.1 Å². The van der Waals surface area contributed by atoms with Gasteiger partial charge in [-0.25, -0.2) is 0 Å². The Labute approximate surface area is 246 Å². The number of nitrogens with zero attached hydrogens (tertiary/aromatic N) is 3. The molecule has 0 saturated heterocycles. The van der Waals surface area contributed by atoms with Crippen molar-refractivity contribution < 1.29 is 14.7 Å². The van der Waals surface area contributed by atoms with Crippen molar-refractivity contribution in [2.24, 2.45) is 0 Å². The van der Waals surface area contributed by atoms with E-state index in [1.54, 1.807) is 30.3 Å².